The molecule has 4 aromatic heterocycles. The molecule has 3 fully saturated rings. The number of amides is 1. The number of benzene rings is 8. The van der Waals surface area contributed by atoms with Crippen LogP contribution in [0.15, 0.2) is 284 Å². The molecule has 15 rings (SSSR count). The molecule has 3 aliphatic heterocycles. The molecule has 20 nitrogen and oxygen atoms in total. The molecule has 1 amide bonds. The third kappa shape index (κ3) is 20.6. The number of anilines is 5. The zero-order chi connectivity index (χ0) is 76.1. The van der Waals surface area contributed by atoms with Gasteiger partial charge in [-0.3, -0.25) is 38.6 Å². The van der Waals surface area contributed by atoms with Gasteiger partial charge in [0.05, 0.1) is 64.1 Å². The number of rotatable bonds is 23. The van der Waals surface area contributed by atoms with Crippen LogP contribution in [0.3, 0.4) is 0 Å². The fourth-order valence-corrected chi connectivity index (χ4v) is 16.7. The van der Waals surface area contributed by atoms with Gasteiger partial charge < -0.3 is 24.9 Å². The van der Waals surface area contributed by atoms with E-state index in [4.69, 9.17) is 0 Å². The van der Waals surface area contributed by atoms with Gasteiger partial charge in [0.1, 0.15) is 14.7 Å². The molecule has 23 heteroatoms. The second-order valence-corrected chi connectivity index (χ2v) is 30.6. The molecule has 7 heterocycles. The first-order valence-electron chi connectivity index (χ1n) is 37.3. The minimum Gasteiger partial charge on any atom is -0.378 e. The highest BCUT2D eigenvalue weighted by Crippen LogP contribution is 2.34. The van der Waals surface area contributed by atoms with Crippen molar-refractivity contribution in [2.24, 2.45) is 7.05 Å². The maximum absolute atomic E-state index is 13.7. The van der Waals surface area contributed by atoms with Crippen molar-refractivity contribution in [1.82, 2.24) is 53.8 Å². The number of piperazine rings is 3. The molecule has 0 spiro atoms. The van der Waals surface area contributed by atoms with Crippen LogP contribution in [-0.2, 0) is 48.7 Å². The van der Waals surface area contributed by atoms with Crippen molar-refractivity contribution in [3.05, 3.63) is 325 Å². The van der Waals surface area contributed by atoms with E-state index in [-0.39, 0.29) is 22.6 Å². The number of hydrogen-bond donors (Lipinski definition) is 1. The topological polar surface area (TPSA) is 174 Å². The van der Waals surface area contributed by atoms with E-state index in [0.717, 1.165) is 176 Å². The number of para-hydroxylation sites is 3. The number of carbonyl (C=O) groups is 1. The minimum absolute atomic E-state index is 0.0620. The Morgan fingerprint density at radius 2 is 0.709 bits per heavy atom. The Bertz CT molecular complexity index is 5110. The van der Waals surface area contributed by atoms with Crippen LogP contribution in [0.2, 0.25) is 0 Å². The van der Waals surface area contributed by atoms with E-state index in [1.165, 1.54) is 60.2 Å². The van der Waals surface area contributed by atoms with Crippen LogP contribution >= 0.6 is 35.3 Å². The van der Waals surface area contributed by atoms with E-state index in [2.05, 4.69) is 153 Å². The Labute approximate surface area is 656 Å². The molecule has 0 aliphatic carbocycles. The van der Waals surface area contributed by atoms with Crippen LogP contribution in [0, 0.1) is 6.92 Å². The summed E-state index contributed by atoms with van der Waals surface area (Å²) >= 11 is 4.78. The monoisotopic (exact) mass is 1520 g/mol. The first kappa shape index (κ1) is 77.4. The van der Waals surface area contributed by atoms with Gasteiger partial charge in [-0.2, -0.15) is 34.4 Å². The number of nitrogens with zero attached hydrogens (tertiary/aromatic N) is 15. The molecule has 3 aliphatic rings. The molecule has 8 aromatic carbocycles. The van der Waals surface area contributed by atoms with Crippen molar-refractivity contribution < 1.29 is 4.79 Å². The molecule has 0 bridgehead atoms. The maximum Gasteiger partial charge on any atom is 0.287 e. The standard InChI is InChI=1S/C30H31N5O2S.C30H33N5OS.C27H30N6OS/c1-23(36)32-26-14-12-24(13-15-26)21-33-16-18-34(19-17-33)28-20-31-35(27-10-6-3-7-11-27)30(37)29(28)38-22-25-8-4-2-5-9-25;1-32(2)26-15-13-24(14-16-26)22-33-17-19-34(20-18-33)28-21-31-35(27-11-7-4-8-12-27)30(36)29(28)37-23-25-9-5-3-6-10-25;1-21-17-24(30(2)29-21)19-31-13-15-32(16-14-31)25-18-28-33(23-11-7-4-8-12-23)27(34)26(25)35-20-22-9-5-3-6-10-22/h2-15,20H,16-19,21-22H2,1H3,(H,32,36);3-16,21H,17-20,22-23H2,1-2H3;3-12,17-18H,13-16,19-20H2,1-2H3. The molecule has 0 radical (unpaired) electrons. The van der Waals surface area contributed by atoms with Gasteiger partial charge >= 0.3 is 0 Å². The van der Waals surface area contributed by atoms with Gasteiger partial charge in [0.25, 0.3) is 16.7 Å². The summed E-state index contributed by atoms with van der Waals surface area (Å²) in [5, 5.41) is 21.0. The average molecular weight is 1520 g/mol. The smallest absolute Gasteiger partial charge is 0.287 e. The lowest BCUT2D eigenvalue weighted by atomic mass is 10.1. The van der Waals surface area contributed by atoms with E-state index in [1.807, 2.05) is 195 Å². The molecule has 0 atom stereocenters. The molecule has 0 saturated carbocycles. The third-order valence-corrected chi connectivity index (χ3v) is 23.0. The largest absolute Gasteiger partial charge is 0.378 e. The Kier molecular flexibility index (Phi) is 26.8. The molecular weight excluding hydrogens is 1430 g/mol. The van der Waals surface area contributed by atoms with Crippen LogP contribution in [-0.4, -0.2) is 152 Å². The number of hydrogen-bond acceptors (Lipinski definition) is 18. The van der Waals surface area contributed by atoms with Crippen LogP contribution in [0.1, 0.15) is 46.1 Å². The Hall–Kier alpha value is -10.8. The Morgan fingerprint density at radius 3 is 1.01 bits per heavy atom. The van der Waals surface area contributed by atoms with E-state index >= 15 is 0 Å². The van der Waals surface area contributed by atoms with E-state index in [1.54, 1.807) is 35.3 Å². The molecule has 110 heavy (non-hydrogen) atoms. The highest BCUT2D eigenvalue weighted by atomic mass is 32.2. The predicted octanol–water partition coefficient (Wildman–Crippen LogP) is 13.6. The summed E-state index contributed by atoms with van der Waals surface area (Å²) in [6, 6.07) is 78.6. The lowest BCUT2D eigenvalue weighted by Crippen LogP contribution is -2.47. The highest BCUT2D eigenvalue weighted by molar-refractivity contribution is 7.99. The molecule has 1 N–H and O–H groups in total. The third-order valence-electron chi connectivity index (χ3n) is 19.6. The normalized spacial score (nSPS) is 14.1. The Morgan fingerprint density at radius 1 is 0.400 bits per heavy atom. The molecule has 3 saturated heterocycles. The molecule has 0 unspecified atom stereocenters. The second-order valence-electron chi connectivity index (χ2n) is 27.7. The van der Waals surface area contributed by atoms with E-state index in [0.29, 0.717) is 0 Å². The van der Waals surface area contributed by atoms with E-state index in [9.17, 15) is 19.2 Å². The van der Waals surface area contributed by atoms with Gasteiger partial charge in [-0.25, -0.2) is 0 Å². The van der Waals surface area contributed by atoms with Crippen molar-refractivity contribution in [2.75, 3.05) is 118 Å². The van der Waals surface area contributed by atoms with Gasteiger partial charge in [-0.05, 0) is 101 Å². The van der Waals surface area contributed by atoms with Crippen LogP contribution in [0.25, 0.3) is 17.1 Å². The van der Waals surface area contributed by atoms with Crippen molar-refractivity contribution in [3.63, 3.8) is 0 Å². The molecule has 12 aromatic rings. The van der Waals surface area contributed by atoms with Gasteiger partial charge in [0.2, 0.25) is 5.91 Å². The van der Waals surface area contributed by atoms with Crippen molar-refractivity contribution in [1.29, 1.82) is 0 Å². The lowest BCUT2D eigenvalue weighted by molar-refractivity contribution is -0.114. The number of nitrogens with one attached hydrogen (secondary N) is 1. The van der Waals surface area contributed by atoms with Gasteiger partial charge in [-0.1, -0.05) is 170 Å². The van der Waals surface area contributed by atoms with Gasteiger partial charge in [-0.15, -0.1) is 35.3 Å². The molecular formula is C87H94N16O4S3. The summed E-state index contributed by atoms with van der Waals surface area (Å²) in [6.45, 7) is 16.8. The van der Waals surface area contributed by atoms with Crippen LogP contribution in [0.4, 0.5) is 28.4 Å². The first-order chi connectivity index (χ1) is 53.7. The minimum atomic E-state index is -0.0867. The second kappa shape index (κ2) is 38.0. The highest BCUT2D eigenvalue weighted by Gasteiger charge is 2.28. The summed E-state index contributed by atoms with van der Waals surface area (Å²) in [5.41, 5.74) is 15.3. The van der Waals surface area contributed by atoms with Gasteiger partial charge in [0.15, 0.2) is 0 Å². The van der Waals surface area contributed by atoms with Crippen molar-refractivity contribution in [2.45, 2.75) is 65.4 Å². The maximum atomic E-state index is 13.7. The summed E-state index contributed by atoms with van der Waals surface area (Å²) in [4.78, 5) is 70.9. The SMILES string of the molecule is CC(=O)Nc1ccc(CN2CCN(c3cnn(-c4ccccc4)c(=O)c3SCc3ccccc3)CC2)cc1.CN(C)c1ccc(CN2CCN(c3cnn(-c4ccccc4)c(=O)c3SCc3ccccc3)CC2)cc1.Cc1cc(CN2CCN(c3cnn(-c4ccccc4)c(=O)c3SCc3ccccc3)CC2)n(C)n1. The summed E-state index contributed by atoms with van der Waals surface area (Å²) in [5.74, 6) is 2.13. The first-order valence-corrected chi connectivity index (χ1v) is 40.3. The zero-order valence-corrected chi connectivity index (χ0v) is 65.5. The summed E-state index contributed by atoms with van der Waals surface area (Å²) in [7, 11) is 6.13. The van der Waals surface area contributed by atoms with Crippen LogP contribution in [0.5, 0.6) is 0 Å². The fourth-order valence-electron chi connectivity index (χ4n) is 13.6. The van der Waals surface area contributed by atoms with E-state index < -0.39 is 0 Å². The summed E-state index contributed by atoms with van der Waals surface area (Å²) < 4.78 is 6.49. The van der Waals surface area contributed by atoms with Crippen LogP contribution < -0.4 is 41.6 Å². The lowest BCUT2D eigenvalue weighted by Gasteiger charge is -2.36. The van der Waals surface area contributed by atoms with Crippen molar-refractivity contribution >= 4 is 69.6 Å². The number of aryl methyl sites for hydroxylation is 2. The fraction of sp³-hybridized carbons (Fsp3) is 0.264. The predicted molar refractivity (Wildman–Crippen MR) is 449 cm³/mol. The zero-order valence-electron chi connectivity index (χ0n) is 63.0. The average Bonchev–Trinajstić information content (AvgIpc) is 0.825. The van der Waals surface area contributed by atoms with Gasteiger partial charge in [0, 0.05) is 155 Å². The number of aromatic nitrogens is 8. The van der Waals surface area contributed by atoms with Crippen molar-refractivity contribution in [3.8, 4) is 17.1 Å². The summed E-state index contributed by atoms with van der Waals surface area (Å²) in [6.07, 6.45) is 5.58. The number of carbonyl (C=O) groups excluding carboxylic acids is 1. The Balaban J connectivity index is 0.000000145. The quantitative estimate of drug-likeness (QED) is 0.0598. The number of thioether (sulfide) groups is 3. The molecule has 564 valence electrons.